The van der Waals surface area contributed by atoms with Gasteiger partial charge in [0.05, 0.1) is 12.1 Å². The molecule has 0 aromatic heterocycles. The lowest BCUT2D eigenvalue weighted by atomic mass is 9.87. The minimum atomic E-state index is -0.395. The summed E-state index contributed by atoms with van der Waals surface area (Å²) in [4.78, 5) is 15.9. The molecule has 4 nitrogen and oxygen atoms in total. The van der Waals surface area contributed by atoms with E-state index in [2.05, 4.69) is 4.90 Å². The summed E-state index contributed by atoms with van der Waals surface area (Å²) in [7, 11) is 3.59. The fourth-order valence-electron chi connectivity index (χ4n) is 3.07. The van der Waals surface area contributed by atoms with Gasteiger partial charge in [0.1, 0.15) is 0 Å². The number of rotatable bonds is 4. The monoisotopic (exact) mass is 290 g/mol. The number of likely N-dealkylation sites (N-methyl/N-ethyl adjacent to an activating group) is 1. The first kappa shape index (κ1) is 16.0. The average molecular weight is 290 g/mol. The van der Waals surface area contributed by atoms with Crippen LogP contribution in [0.2, 0.25) is 0 Å². The number of piperidine rings is 1. The van der Waals surface area contributed by atoms with E-state index in [-0.39, 0.29) is 17.9 Å². The zero-order chi connectivity index (χ0) is 15.4. The van der Waals surface area contributed by atoms with Crippen LogP contribution in [-0.2, 0) is 4.79 Å². The van der Waals surface area contributed by atoms with Gasteiger partial charge < -0.3 is 10.0 Å². The Morgan fingerprint density at radius 3 is 2.33 bits per heavy atom. The number of nitrogens with zero attached hydrogens (tertiary/aromatic N) is 2. The van der Waals surface area contributed by atoms with Crippen molar-refractivity contribution in [2.75, 3.05) is 27.2 Å². The lowest BCUT2D eigenvalue weighted by Gasteiger charge is -2.37. The van der Waals surface area contributed by atoms with Gasteiger partial charge in [-0.2, -0.15) is 0 Å². The van der Waals surface area contributed by atoms with Crippen LogP contribution >= 0.6 is 0 Å². The van der Waals surface area contributed by atoms with Gasteiger partial charge in [0.15, 0.2) is 0 Å². The molecule has 0 bridgehead atoms. The van der Waals surface area contributed by atoms with E-state index in [1.54, 1.807) is 19.0 Å². The van der Waals surface area contributed by atoms with Crippen LogP contribution in [0.25, 0.3) is 0 Å². The predicted octanol–water partition coefficient (Wildman–Crippen LogP) is 1.91. The van der Waals surface area contributed by atoms with Crippen molar-refractivity contribution in [3.63, 3.8) is 0 Å². The minimum Gasteiger partial charge on any atom is -0.388 e. The Morgan fingerprint density at radius 1 is 1.24 bits per heavy atom. The lowest BCUT2D eigenvalue weighted by Crippen LogP contribution is -2.48. The fraction of sp³-hybridized carbons (Fsp3) is 0.588. The summed E-state index contributed by atoms with van der Waals surface area (Å²) in [5.74, 6) is 0.433. The van der Waals surface area contributed by atoms with Crippen molar-refractivity contribution in [3.05, 3.63) is 35.9 Å². The van der Waals surface area contributed by atoms with Gasteiger partial charge >= 0.3 is 0 Å². The Labute approximate surface area is 127 Å². The van der Waals surface area contributed by atoms with E-state index < -0.39 is 6.10 Å². The Bertz CT molecular complexity index is 453. The number of carbonyl (C=O) groups is 1. The molecule has 4 heteroatoms. The molecular formula is C17H26N2O2. The van der Waals surface area contributed by atoms with Crippen LogP contribution in [-0.4, -0.2) is 54.0 Å². The number of hydrogen-bond donors (Lipinski definition) is 1. The Balaban J connectivity index is 1.90. The molecule has 1 heterocycles. The SMILES string of the molecule is CC(C(=O)N(C)C)N1CCC(C(O)c2ccccc2)CC1. The zero-order valence-corrected chi connectivity index (χ0v) is 13.2. The molecule has 1 saturated heterocycles. The molecule has 1 amide bonds. The van der Waals surface area contributed by atoms with E-state index in [1.807, 2.05) is 37.3 Å². The molecule has 21 heavy (non-hydrogen) atoms. The summed E-state index contributed by atoms with van der Waals surface area (Å²) in [5.41, 5.74) is 0.994. The van der Waals surface area contributed by atoms with Crippen LogP contribution in [0, 0.1) is 5.92 Å². The van der Waals surface area contributed by atoms with Gasteiger partial charge in [-0.3, -0.25) is 9.69 Å². The van der Waals surface area contributed by atoms with Gasteiger partial charge in [0.25, 0.3) is 0 Å². The summed E-state index contributed by atoms with van der Waals surface area (Å²) in [6.45, 7) is 3.71. The summed E-state index contributed by atoms with van der Waals surface area (Å²) < 4.78 is 0. The molecule has 0 spiro atoms. The highest BCUT2D eigenvalue weighted by molar-refractivity contribution is 5.80. The molecule has 0 aliphatic carbocycles. The number of aliphatic hydroxyl groups is 1. The second-order valence-electron chi connectivity index (χ2n) is 6.14. The zero-order valence-electron chi connectivity index (χ0n) is 13.2. The van der Waals surface area contributed by atoms with E-state index in [0.717, 1.165) is 31.5 Å². The van der Waals surface area contributed by atoms with E-state index in [9.17, 15) is 9.90 Å². The molecule has 1 aliphatic heterocycles. The summed E-state index contributed by atoms with van der Waals surface area (Å²) in [6.07, 6.45) is 1.47. The number of carbonyl (C=O) groups excluding carboxylic acids is 1. The van der Waals surface area contributed by atoms with Gasteiger partial charge in [-0.15, -0.1) is 0 Å². The molecule has 1 fully saturated rings. The summed E-state index contributed by atoms with van der Waals surface area (Å²) >= 11 is 0. The maximum absolute atomic E-state index is 12.0. The largest absolute Gasteiger partial charge is 0.388 e. The first-order chi connectivity index (χ1) is 10.0. The topological polar surface area (TPSA) is 43.8 Å². The minimum absolute atomic E-state index is 0.0742. The Hall–Kier alpha value is -1.39. The van der Waals surface area contributed by atoms with Gasteiger partial charge in [0.2, 0.25) is 5.91 Å². The van der Waals surface area contributed by atoms with Crippen LogP contribution in [0.5, 0.6) is 0 Å². The second-order valence-corrected chi connectivity index (χ2v) is 6.14. The molecule has 2 atom stereocenters. The molecule has 1 aromatic carbocycles. The van der Waals surface area contributed by atoms with Crippen LogP contribution in [0.3, 0.4) is 0 Å². The van der Waals surface area contributed by atoms with Gasteiger partial charge in [-0.05, 0) is 44.3 Å². The first-order valence-electron chi connectivity index (χ1n) is 7.69. The first-order valence-corrected chi connectivity index (χ1v) is 7.69. The number of amides is 1. The normalized spacial score (nSPS) is 20.0. The van der Waals surface area contributed by atoms with Crippen LogP contribution in [0.1, 0.15) is 31.4 Å². The molecule has 1 aromatic rings. The van der Waals surface area contributed by atoms with Crippen molar-refractivity contribution < 1.29 is 9.90 Å². The van der Waals surface area contributed by atoms with Gasteiger partial charge in [-0.1, -0.05) is 30.3 Å². The molecule has 116 valence electrons. The van der Waals surface area contributed by atoms with E-state index in [1.165, 1.54) is 0 Å². The van der Waals surface area contributed by atoms with Crippen molar-refractivity contribution in [2.45, 2.75) is 31.9 Å². The standard InChI is InChI=1S/C17H26N2O2/c1-13(17(21)18(2)3)19-11-9-15(10-12-19)16(20)14-7-5-4-6-8-14/h4-8,13,15-16,20H,9-12H2,1-3H3. The molecule has 1 N–H and O–H groups in total. The molecule has 2 unspecified atom stereocenters. The number of hydrogen-bond acceptors (Lipinski definition) is 3. The number of benzene rings is 1. The fourth-order valence-corrected chi connectivity index (χ4v) is 3.07. The highest BCUT2D eigenvalue weighted by atomic mass is 16.3. The highest BCUT2D eigenvalue weighted by Crippen LogP contribution is 2.31. The summed E-state index contributed by atoms with van der Waals surface area (Å²) in [6, 6.07) is 9.78. The Morgan fingerprint density at radius 2 is 1.81 bits per heavy atom. The van der Waals surface area contributed by atoms with Crippen molar-refractivity contribution in [2.24, 2.45) is 5.92 Å². The van der Waals surface area contributed by atoms with E-state index >= 15 is 0 Å². The summed E-state index contributed by atoms with van der Waals surface area (Å²) in [5, 5.41) is 10.5. The van der Waals surface area contributed by atoms with Crippen molar-refractivity contribution in [3.8, 4) is 0 Å². The van der Waals surface area contributed by atoms with Gasteiger partial charge in [-0.25, -0.2) is 0 Å². The van der Waals surface area contributed by atoms with Crippen LogP contribution in [0.4, 0.5) is 0 Å². The Kier molecular flexibility index (Phi) is 5.37. The van der Waals surface area contributed by atoms with Crippen LogP contribution < -0.4 is 0 Å². The lowest BCUT2D eigenvalue weighted by molar-refractivity contribution is -0.134. The third-order valence-electron chi connectivity index (χ3n) is 4.51. The third kappa shape index (κ3) is 3.83. The maximum Gasteiger partial charge on any atom is 0.239 e. The smallest absolute Gasteiger partial charge is 0.239 e. The predicted molar refractivity (Wildman–Crippen MR) is 83.9 cm³/mol. The highest BCUT2D eigenvalue weighted by Gasteiger charge is 2.30. The molecule has 0 radical (unpaired) electrons. The molecule has 1 aliphatic rings. The van der Waals surface area contributed by atoms with E-state index in [4.69, 9.17) is 0 Å². The maximum atomic E-state index is 12.0. The molecule has 2 rings (SSSR count). The second kappa shape index (κ2) is 7.05. The average Bonchev–Trinajstić information content (AvgIpc) is 2.53. The van der Waals surface area contributed by atoms with Crippen molar-refractivity contribution in [1.82, 2.24) is 9.80 Å². The third-order valence-corrected chi connectivity index (χ3v) is 4.51. The number of aliphatic hydroxyl groups excluding tert-OH is 1. The van der Waals surface area contributed by atoms with Gasteiger partial charge in [0, 0.05) is 14.1 Å². The van der Waals surface area contributed by atoms with Crippen LogP contribution in [0.15, 0.2) is 30.3 Å². The quantitative estimate of drug-likeness (QED) is 0.921. The molecular weight excluding hydrogens is 264 g/mol. The molecule has 0 saturated carbocycles. The van der Waals surface area contributed by atoms with Crippen molar-refractivity contribution >= 4 is 5.91 Å². The van der Waals surface area contributed by atoms with E-state index in [0.29, 0.717) is 0 Å². The van der Waals surface area contributed by atoms with Crippen molar-refractivity contribution in [1.29, 1.82) is 0 Å². The number of likely N-dealkylation sites (tertiary alicyclic amines) is 1.